The third-order valence-electron chi connectivity index (χ3n) is 4.35. The molecule has 0 atom stereocenters. The lowest BCUT2D eigenvalue weighted by Gasteiger charge is -2.34. The van der Waals surface area contributed by atoms with Crippen molar-refractivity contribution in [3.05, 3.63) is 64.2 Å². The molecule has 1 fully saturated rings. The highest BCUT2D eigenvalue weighted by atomic mass is 32.2. The van der Waals surface area contributed by atoms with Gasteiger partial charge in [0.25, 0.3) is 11.6 Å². The molecule has 1 amide bonds. The molecular formula is C17H17N3O6S. The third kappa shape index (κ3) is 3.76. The smallest absolute Gasteiger partial charge is 0.269 e. The van der Waals surface area contributed by atoms with Crippen molar-refractivity contribution in [2.24, 2.45) is 0 Å². The summed E-state index contributed by atoms with van der Waals surface area (Å²) in [4.78, 5) is 24.0. The van der Waals surface area contributed by atoms with Gasteiger partial charge in [0.2, 0.25) is 10.0 Å². The van der Waals surface area contributed by atoms with Gasteiger partial charge in [-0.15, -0.1) is 0 Å². The Hall–Kier alpha value is -2.98. The molecule has 3 rings (SSSR count). The summed E-state index contributed by atoms with van der Waals surface area (Å²) in [6.45, 7) is 0.552. The van der Waals surface area contributed by atoms with Gasteiger partial charge < -0.3 is 10.0 Å². The van der Waals surface area contributed by atoms with Crippen LogP contribution in [-0.2, 0) is 10.0 Å². The number of sulfonamides is 1. The van der Waals surface area contributed by atoms with Crippen LogP contribution in [0.5, 0.6) is 5.75 Å². The van der Waals surface area contributed by atoms with Crippen LogP contribution in [0.4, 0.5) is 5.69 Å². The number of benzene rings is 2. The topological polar surface area (TPSA) is 121 Å². The standard InChI is InChI=1S/C17H17N3O6S/c21-16-4-2-1-3-15(16)17(22)18-9-11-19(12-10-18)27(25,26)14-7-5-13(6-8-14)20(23)24/h1-8,21H,9-12H2. The number of nitro groups is 1. The lowest BCUT2D eigenvalue weighted by atomic mass is 10.1. The first-order chi connectivity index (χ1) is 12.8. The maximum absolute atomic E-state index is 12.7. The van der Waals surface area contributed by atoms with E-state index in [-0.39, 0.29) is 54.0 Å². The van der Waals surface area contributed by atoms with Gasteiger partial charge in [-0.25, -0.2) is 8.42 Å². The molecule has 1 aliphatic heterocycles. The van der Waals surface area contributed by atoms with E-state index in [9.17, 15) is 28.4 Å². The number of non-ortho nitro benzene ring substituents is 1. The quantitative estimate of drug-likeness (QED) is 0.622. The molecule has 0 bridgehead atoms. The molecule has 142 valence electrons. The minimum absolute atomic E-state index is 0.0337. The molecule has 0 radical (unpaired) electrons. The van der Waals surface area contributed by atoms with E-state index < -0.39 is 14.9 Å². The summed E-state index contributed by atoms with van der Waals surface area (Å²) in [6.07, 6.45) is 0. The molecule has 1 heterocycles. The number of phenolic OH excluding ortho intramolecular Hbond substituents is 1. The Kier molecular flexibility index (Phi) is 5.10. The van der Waals surface area contributed by atoms with E-state index in [2.05, 4.69) is 0 Å². The van der Waals surface area contributed by atoms with Crippen molar-refractivity contribution in [1.29, 1.82) is 0 Å². The van der Waals surface area contributed by atoms with Gasteiger partial charge in [-0.05, 0) is 24.3 Å². The van der Waals surface area contributed by atoms with Gasteiger partial charge in [-0.1, -0.05) is 12.1 Å². The SMILES string of the molecule is O=C(c1ccccc1O)N1CCN(S(=O)(=O)c2ccc([N+](=O)[O-])cc2)CC1. The molecule has 0 aliphatic carbocycles. The molecule has 27 heavy (non-hydrogen) atoms. The Morgan fingerprint density at radius 1 is 1.00 bits per heavy atom. The summed E-state index contributed by atoms with van der Waals surface area (Å²) in [7, 11) is -3.80. The molecule has 9 nitrogen and oxygen atoms in total. The summed E-state index contributed by atoms with van der Waals surface area (Å²) in [5.41, 5.74) is -0.0174. The molecule has 0 unspecified atom stereocenters. The van der Waals surface area contributed by atoms with Crippen molar-refractivity contribution in [1.82, 2.24) is 9.21 Å². The molecule has 0 spiro atoms. The van der Waals surface area contributed by atoms with Gasteiger partial charge in [-0.3, -0.25) is 14.9 Å². The lowest BCUT2D eigenvalue weighted by Crippen LogP contribution is -2.50. The highest BCUT2D eigenvalue weighted by Crippen LogP contribution is 2.22. The van der Waals surface area contributed by atoms with Crippen molar-refractivity contribution in [2.75, 3.05) is 26.2 Å². The molecule has 10 heteroatoms. The van der Waals surface area contributed by atoms with Crippen molar-refractivity contribution in [2.45, 2.75) is 4.90 Å². The number of rotatable bonds is 4. The van der Waals surface area contributed by atoms with Gasteiger partial charge in [0.05, 0.1) is 15.4 Å². The van der Waals surface area contributed by atoms with Crippen molar-refractivity contribution >= 4 is 21.6 Å². The van der Waals surface area contributed by atoms with Gasteiger partial charge in [0.1, 0.15) is 5.75 Å². The highest BCUT2D eigenvalue weighted by Gasteiger charge is 2.31. The predicted octanol–water partition coefficient (Wildman–Crippen LogP) is 1.45. The monoisotopic (exact) mass is 391 g/mol. The normalized spacial score (nSPS) is 15.5. The molecule has 1 aliphatic rings. The largest absolute Gasteiger partial charge is 0.507 e. The van der Waals surface area contributed by atoms with Crippen molar-refractivity contribution in [3.8, 4) is 5.75 Å². The van der Waals surface area contributed by atoms with E-state index in [0.29, 0.717) is 0 Å². The number of piperazine rings is 1. The highest BCUT2D eigenvalue weighted by molar-refractivity contribution is 7.89. The van der Waals surface area contributed by atoms with Crippen LogP contribution in [0.15, 0.2) is 53.4 Å². The number of phenols is 1. The van der Waals surface area contributed by atoms with E-state index in [1.165, 1.54) is 33.5 Å². The second-order valence-electron chi connectivity index (χ2n) is 5.96. The molecule has 1 N–H and O–H groups in total. The van der Waals surface area contributed by atoms with Crippen molar-refractivity contribution < 1.29 is 23.2 Å². The number of hydrogen-bond acceptors (Lipinski definition) is 6. The lowest BCUT2D eigenvalue weighted by molar-refractivity contribution is -0.384. The number of para-hydroxylation sites is 1. The van der Waals surface area contributed by atoms with Crippen LogP contribution in [0.3, 0.4) is 0 Å². The van der Waals surface area contributed by atoms with Gasteiger partial charge in [-0.2, -0.15) is 4.31 Å². The van der Waals surface area contributed by atoms with Crippen LogP contribution in [-0.4, -0.2) is 59.7 Å². The van der Waals surface area contributed by atoms with Crippen molar-refractivity contribution in [3.63, 3.8) is 0 Å². The van der Waals surface area contributed by atoms with E-state index in [1.807, 2.05) is 0 Å². The van der Waals surface area contributed by atoms with E-state index in [0.717, 1.165) is 12.1 Å². The fourth-order valence-corrected chi connectivity index (χ4v) is 4.27. The number of carbonyl (C=O) groups is 1. The first-order valence-corrected chi connectivity index (χ1v) is 9.56. The third-order valence-corrected chi connectivity index (χ3v) is 6.26. The van der Waals surface area contributed by atoms with Gasteiger partial charge in [0, 0.05) is 38.3 Å². The zero-order chi connectivity index (χ0) is 19.6. The molecule has 2 aromatic rings. The average molecular weight is 391 g/mol. The maximum atomic E-state index is 12.7. The van der Waals surface area contributed by atoms with Gasteiger partial charge >= 0.3 is 0 Å². The minimum atomic E-state index is -3.80. The summed E-state index contributed by atoms with van der Waals surface area (Å²) >= 11 is 0. The summed E-state index contributed by atoms with van der Waals surface area (Å²) in [5, 5.41) is 20.5. The van der Waals surface area contributed by atoms with E-state index in [1.54, 1.807) is 12.1 Å². The fraction of sp³-hybridized carbons (Fsp3) is 0.235. The van der Waals surface area contributed by atoms with Crippen LogP contribution in [0, 0.1) is 10.1 Å². The Bertz CT molecular complexity index is 966. The van der Waals surface area contributed by atoms with E-state index in [4.69, 9.17) is 0 Å². The minimum Gasteiger partial charge on any atom is -0.507 e. The molecular weight excluding hydrogens is 374 g/mol. The fourth-order valence-electron chi connectivity index (χ4n) is 2.85. The maximum Gasteiger partial charge on any atom is 0.269 e. The molecule has 1 saturated heterocycles. The Labute approximate surface area is 155 Å². The summed E-state index contributed by atoms with van der Waals surface area (Å²) in [6, 6.07) is 10.9. The summed E-state index contributed by atoms with van der Waals surface area (Å²) in [5.74, 6) is -0.482. The number of nitro benzene ring substituents is 1. The number of hydrogen-bond donors (Lipinski definition) is 1. The average Bonchev–Trinajstić information content (AvgIpc) is 2.68. The second-order valence-corrected chi connectivity index (χ2v) is 7.90. The van der Waals surface area contributed by atoms with Gasteiger partial charge in [0.15, 0.2) is 0 Å². The zero-order valence-corrected chi connectivity index (χ0v) is 15.0. The first-order valence-electron chi connectivity index (χ1n) is 8.12. The summed E-state index contributed by atoms with van der Waals surface area (Å²) < 4.78 is 26.6. The molecule has 0 saturated carbocycles. The Morgan fingerprint density at radius 2 is 1.59 bits per heavy atom. The second kappa shape index (κ2) is 7.33. The number of amides is 1. The first kappa shape index (κ1) is 18.8. The van der Waals surface area contributed by atoms with E-state index >= 15 is 0 Å². The van der Waals surface area contributed by atoms with Crippen LogP contribution < -0.4 is 0 Å². The number of nitrogens with zero attached hydrogens (tertiary/aromatic N) is 3. The molecule has 2 aromatic carbocycles. The van der Waals surface area contributed by atoms with Crippen LogP contribution in [0.1, 0.15) is 10.4 Å². The number of carbonyl (C=O) groups excluding carboxylic acids is 1. The predicted molar refractivity (Wildman–Crippen MR) is 95.9 cm³/mol. The number of aromatic hydroxyl groups is 1. The molecule has 0 aromatic heterocycles. The Balaban J connectivity index is 1.70. The Morgan fingerprint density at radius 3 is 2.15 bits per heavy atom. The van der Waals surface area contributed by atoms with Crippen LogP contribution in [0.25, 0.3) is 0 Å². The van der Waals surface area contributed by atoms with Crippen LogP contribution >= 0.6 is 0 Å². The zero-order valence-electron chi connectivity index (χ0n) is 14.2. The van der Waals surface area contributed by atoms with Crippen LogP contribution in [0.2, 0.25) is 0 Å².